The molecule has 4 aromatic rings. The lowest BCUT2D eigenvalue weighted by Gasteiger charge is -1.97. The zero-order valence-electron chi connectivity index (χ0n) is 14.1. The molecule has 0 saturated heterocycles. The third-order valence-corrected chi connectivity index (χ3v) is 4.24. The Labute approximate surface area is 146 Å². The minimum atomic E-state index is 0.672. The standard InChI is InChI=1S/C23H19NO/c1-16-12-20-19(14-17-8-4-2-5-9-17)22(25-23(20)21(24)13-16)15-18-10-6-3-7-11-18/h2-15H,24H2,1H3. The molecule has 25 heavy (non-hydrogen) atoms. The van der Waals surface area contributed by atoms with Crippen molar-refractivity contribution in [2.45, 2.75) is 6.92 Å². The lowest BCUT2D eigenvalue weighted by Crippen LogP contribution is -2.20. The van der Waals surface area contributed by atoms with Crippen LogP contribution in [0.3, 0.4) is 0 Å². The van der Waals surface area contributed by atoms with E-state index in [1.165, 1.54) is 0 Å². The van der Waals surface area contributed by atoms with Crippen molar-refractivity contribution >= 4 is 28.8 Å². The van der Waals surface area contributed by atoms with Crippen molar-refractivity contribution in [3.63, 3.8) is 0 Å². The van der Waals surface area contributed by atoms with E-state index in [0.29, 0.717) is 5.69 Å². The smallest absolute Gasteiger partial charge is 0.158 e. The first-order chi connectivity index (χ1) is 12.2. The van der Waals surface area contributed by atoms with E-state index in [1.54, 1.807) is 0 Å². The van der Waals surface area contributed by atoms with Gasteiger partial charge in [0, 0.05) is 10.6 Å². The first-order valence-electron chi connectivity index (χ1n) is 8.33. The van der Waals surface area contributed by atoms with Crippen LogP contribution in [0.4, 0.5) is 5.69 Å². The van der Waals surface area contributed by atoms with Crippen LogP contribution in [-0.4, -0.2) is 0 Å². The van der Waals surface area contributed by atoms with Crippen molar-refractivity contribution in [1.29, 1.82) is 0 Å². The molecule has 2 heteroatoms. The maximum absolute atomic E-state index is 6.20. The van der Waals surface area contributed by atoms with Crippen molar-refractivity contribution in [1.82, 2.24) is 0 Å². The van der Waals surface area contributed by atoms with Crippen molar-refractivity contribution < 1.29 is 4.42 Å². The van der Waals surface area contributed by atoms with Crippen LogP contribution >= 0.6 is 0 Å². The van der Waals surface area contributed by atoms with Gasteiger partial charge in [0.25, 0.3) is 0 Å². The Kier molecular flexibility index (Phi) is 3.87. The van der Waals surface area contributed by atoms with E-state index < -0.39 is 0 Å². The van der Waals surface area contributed by atoms with Gasteiger partial charge in [0.2, 0.25) is 0 Å². The van der Waals surface area contributed by atoms with Crippen LogP contribution in [-0.2, 0) is 0 Å². The molecule has 0 spiro atoms. The molecule has 2 nitrogen and oxygen atoms in total. The summed E-state index contributed by atoms with van der Waals surface area (Å²) in [5.74, 6) is 0. The Morgan fingerprint density at radius 2 is 1.40 bits per heavy atom. The van der Waals surface area contributed by atoms with E-state index in [-0.39, 0.29) is 0 Å². The summed E-state index contributed by atoms with van der Waals surface area (Å²) in [4.78, 5) is 0. The summed E-state index contributed by atoms with van der Waals surface area (Å²) >= 11 is 0. The van der Waals surface area contributed by atoms with Gasteiger partial charge in [-0.05, 0) is 47.9 Å². The van der Waals surface area contributed by atoms with Gasteiger partial charge in [-0.25, -0.2) is 0 Å². The number of benzene rings is 3. The number of furan rings is 1. The molecule has 2 N–H and O–H groups in total. The molecule has 0 amide bonds. The van der Waals surface area contributed by atoms with E-state index in [9.17, 15) is 0 Å². The molecule has 122 valence electrons. The summed E-state index contributed by atoms with van der Waals surface area (Å²) in [6.07, 6.45) is 4.21. The molecule has 0 aliphatic rings. The van der Waals surface area contributed by atoms with Crippen molar-refractivity contribution in [3.8, 4) is 0 Å². The maximum Gasteiger partial charge on any atom is 0.158 e. The zero-order valence-corrected chi connectivity index (χ0v) is 14.1. The SMILES string of the molecule is Cc1cc(N)c2oc(=Cc3ccccc3)c(=Cc3ccccc3)c2c1. The number of hydrogen-bond donors (Lipinski definition) is 1. The van der Waals surface area contributed by atoms with Gasteiger partial charge in [-0.2, -0.15) is 0 Å². The minimum absolute atomic E-state index is 0.672. The summed E-state index contributed by atoms with van der Waals surface area (Å²) < 4.78 is 6.15. The van der Waals surface area contributed by atoms with Crippen LogP contribution in [0.5, 0.6) is 0 Å². The van der Waals surface area contributed by atoms with Crippen molar-refractivity contribution in [2.24, 2.45) is 0 Å². The largest absolute Gasteiger partial charge is 0.454 e. The highest BCUT2D eigenvalue weighted by atomic mass is 16.3. The molecule has 0 bridgehead atoms. The van der Waals surface area contributed by atoms with Crippen LogP contribution in [0.25, 0.3) is 23.1 Å². The molecule has 1 aromatic heterocycles. The number of nitrogens with two attached hydrogens (primary N) is 1. The summed E-state index contributed by atoms with van der Waals surface area (Å²) in [7, 11) is 0. The molecule has 0 saturated carbocycles. The highest BCUT2D eigenvalue weighted by Crippen LogP contribution is 2.20. The normalized spacial score (nSPS) is 12.8. The second kappa shape index (κ2) is 6.33. The van der Waals surface area contributed by atoms with Gasteiger partial charge in [0.15, 0.2) is 5.58 Å². The zero-order chi connectivity index (χ0) is 17.2. The van der Waals surface area contributed by atoms with Crippen molar-refractivity contribution in [2.75, 3.05) is 5.73 Å². The van der Waals surface area contributed by atoms with E-state index in [0.717, 1.165) is 38.3 Å². The quantitative estimate of drug-likeness (QED) is 0.566. The molecular formula is C23H19NO. The lowest BCUT2D eigenvalue weighted by molar-refractivity contribution is 0.576. The Hall–Kier alpha value is -3.26. The second-order valence-corrected chi connectivity index (χ2v) is 6.22. The summed E-state index contributed by atoms with van der Waals surface area (Å²) in [5.41, 5.74) is 11.8. The van der Waals surface area contributed by atoms with Crippen LogP contribution in [0.15, 0.2) is 77.2 Å². The Bertz CT molecular complexity index is 1140. The van der Waals surface area contributed by atoms with Gasteiger partial charge in [-0.1, -0.05) is 60.7 Å². The number of nitrogen functional groups attached to an aromatic ring is 1. The fraction of sp³-hybridized carbons (Fsp3) is 0.0435. The fourth-order valence-electron chi connectivity index (χ4n) is 3.09. The molecular weight excluding hydrogens is 306 g/mol. The van der Waals surface area contributed by atoms with Gasteiger partial charge >= 0.3 is 0 Å². The molecule has 0 fully saturated rings. The summed E-state index contributed by atoms with van der Waals surface area (Å²) in [6, 6.07) is 24.5. The molecule has 0 radical (unpaired) electrons. The van der Waals surface area contributed by atoms with Crippen LogP contribution in [0, 0.1) is 6.92 Å². The summed E-state index contributed by atoms with van der Waals surface area (Å²) in [6.45, 7) is 2.05. The van der Waals surface area contributed by atoms with E-state index >= 15 is 0 Å². The monoisotopic (exact) mass is 325 g/mol. The number of fused-ring (bicyclic) bond motifs is 1. The van der Waals surface area contributed by atoms with E-state index in [4.69, 9.17) is 10.2 Å². The lowest BCUT2D eigenvalue weighted by atomic mass is 10.1. The Morgan fingerprint density at radius 3 is 2.04 bits per heavy atom. The number of aryl methyl sites for hydroxylation is 1. The Morgan fingerprint density at radius 1 is 0.800 bits per heavy atom. The number of anilines is 1. The average Bonchev–Trinajstić information content (AvgIpc) is 2.95. The van der Waals surface area contributed by atoms with Gasteiger partial charge in [-0.15, -0.1) is 0 Å². The summed E-state index contributed by atoms with van der Waals surface area (Å²) in [5, 5.41) is 2.10. The van der Waals surface area contributed by atoms with Crippen molar-refractivity contribution in [3.05, 3.63) is 100 Å². The van der Waals surface area contributed by atoms with Gasteiger partial charge in [0.05, 0.1) is 5.69 Å². The van der Waals surface area contributed by atoms with Gasteiger partial charge < -0.3 is 10.2 Å². The first-order valence-corrected chi connectivity index (χ1v) is 8.33. The molecule has 0 unspecified atom stereocenters. The maximum atomic E-state index is 6.20. The molecule has 3 aromatic carbocycles. The molecule has 4 rings (SSSR count). The van der Waals surface area contributed by atoms with E-state index in [2.05, 4.69) is 49.4 Å². The topological polar surface area (TPSA) is 39.2 Å². The molecule has 0 aliphatic carbocycles. The third kappa shape index (κ3) is 3.07. The molecule has 0 atom stereocenters. The molecule has 1 heterocycles. The van der Waals surface area contributed by atoms with Crippen LogP contribution < -0.4 is 16.4 Å². The van der Waals surface area contributed by atoms with Gasteiger partial charge in [-0.3, -0.25) is 0 Å². The third-order valence-electron chi connectivity index (χ3n) is 4.24. The first kappa shape index (κ1) is 15.3. The molecule has 0 aliphatic heterocycles. The highest BCUT2D eigenvalue weighted by Gasteiger charge is 2.08. The van der Waals surface area contributed by atoms with E-state index in [1.807, 2.05) is 42.5 Å². The number of hydrogen-bond acceptors (Lipinski definition) is 2. The predicted octanol–water partition coefficient (Wildman–Crippen LogP) is 3.98. The van der Waals surface area contributed by atoms with Crippen LogP contribution in [0.1, 0.15) is 16.7 Å². The highest BCUT2D eigenvalue weighted by molar-refractivity contribution is 5.90. The number of rotatable bonds is 2. The average molecular weight is 325 g/mol. The minimum Gasteiger partial charge on any atom is -0.454 e. The predicted molar refractivity (Wildman–Crippen MR) is 105 cm³/mol. The van der Waals surface area contributed by atoms with Crippen LogP contribution in [0.2, 0.25) is 0 Å². The second-order valence-electron chi connectivity index (χ2n) is 6.22. The fourth-order valence-corrected chi connectivity index (χ4v) is 3.09. The Balaban J connectivity index is 2.09. The van der Waals surface area contributed by atoms with Gasteiger partial charge in [0.1, 0.15) is 5.42 Å².